The van der Waals surface area contributed by atoms with Crippen molar-refractivity contribution in [2.45, 2.75) is 6.92 Å². The van der Waals surface area contributed by atoms with E-state index in [4.69, 9.17) is 0 Å². The van der Waals surface area contributed by atoms with Gasteiger partial charge in [-0.1, -0.05) is 18.2 Å². The third-order valence-corrected chi connectivity index (χ3v) is 3.07. The Hall–Kier alpha value is -2.49. The van der Waals surface area contributed by atoms with Crippen LogP contribution in [0.5, 0.6) is 0 Å². The topological polar surface area (TPSA) is 45.8 Å². The van der Waals surface area contributed by atoms with E-state index in [0.717, 1.165) is 5.56 Å². The van der Waals surface area contributed by atoms with Gasteiger partial charge in [0.1, 0.15) is 11.6 Å². The highest BCUT2D eigenvalue weighted by atomic mass is 19.1. The molecule has 1 aromatic heterocycles. The average Bonchev–Trinajstić information content (AvgIpc) is 2.41. The van der Waals surface area contributed by atoms with Crippen LogP contribution < -0.4 is 5.56 Å². The molecule has 1 N–H and O–H groups in total. The van der Waals surface area contributed by atoms with Crippen LogP contribution in [0.3, 0.4) is 0 Å². The minimum Gasteiger partial charge on any atom is -0.306 e. The molecule has 0 bridgehead atoms. The van der Waals surface area contributed by atoms with E-state index < -0.39 is 0 Å². The van der Waals surface area contributed by atoms with Gasteiger partial charge in [-0.15, -0.1) is 0 Å². The Morgan fingerprint density at radius 3 is 2.79 bits per heavy atom. The fourth-order valence-electron chi connectivity index (χ4n) is 2.06. The zero-order valence-electron chi connectivity index (χ0n) is 10.3. The molecule has 3 nitrogen and oxygen atoms in total. The van der Waals surface area contributed by atoms with Gasteiger partial charge in [0.2, 0.25) is 0 Å². The third-order valence-electron chi connectivity index (χ3n) is 3.07. The Morgan fingerprint density at radius 2 is 1.95 bits per heavy atom. The van der Waals surface area contributed by atoms with Gasteiger partial charge in [0.15, 0.2) is 0 Å². The SMILES string of the molecule is Cc1ccc(F)cc1-c1nc2ccccc2c(=O)[nH]1. The number of rotatable bonds is 1. The molecule has 3 rings (SSSR count). The number of H-pyrrole nitrogens is 1. The smallest absolute Gasteiger partial charge is 0.259 e. The molecule has 19 heavy (non-hydrogen) atoms. The van der Waals surface area contributed by atoms with Gasteiger partial charge in [-0.2, -0.15) is 0 Å². The minimum atomic E-state index is -0.351. The molecular weight excluding hydrogens is 243 g/mol. The van der Waals surface area contributed by atoms with Crippen LogP contribution in [0.1, 0.15) is 5.56 Å². The maximum Gasteiger partial charge on any atom is 0.259 e. The molecule has 0 aliphatic rings. The second-order valence-corrected chi connectivity index (χ2v) is 4.39. The fourth-order valence-corrected chi connectivity index (χ4v) is 2.06. The first kappa shape index (κ1) is 11.6. The van der Waals surface area contributed by atoms with Crippen LogP contribution in [0.4, 0.5) is 4.39 Å². The first-order valence-corrected chi connectivity index (χ1v) is 5.91. The molecular formula is C15H11FN2O. The van der Waals surface area contributed by atoms with Crippen molar-refractivity contribution in [1.29, 1.82) is 0 Å². The lowest BCUT2D eigenvalue weighted by Gasteiger charge is -2.06. The van der Waals surface area contributed by atoms with E-state index in [1.54, 1.807) is 24.3 Å². The van der Waals surface area contributed by atoms with Gasteiger partial charge in [-0.3, -0.25) is 4.79 Å². The van der Waals surface area contributed by atoms with Crippen molar-refractivity contribution >= 4 is 10.9 Å². The maximum atomic E-state index is 13.3. The molecule has 0 atom stereocenters. The lowest BCUT2D eigenvalue weighted by atomic mass is 10.1. The number of hydrogen-bond acceptors (Lipinski definition) is 2. The Morgan fingerprint density at radius 1 is 1.16 bits per heavy atom. The quantitative estimate of drug-likeness (QED) is 0.725. The summed E-state index contributed by atoms with van der Waals surface area (Å²) < 4.78 is 13.3. The van der Waals surface area contributed by atoms with E-state index in [1.807, 2.05) is 13.0 Å². The molecule has 0 unspecified atom stereocenters. The normalized spacial score (nSPS) is 10.8. The van der Waals surface area contributed by atoms with Crippen LogP contribution in [0.15, 0.2) is 47.3 Å². The van der Waals surface area contributed by atoms with Gasteiger partial charge in [0.25, 0.3) is 5.56 Å². The van der Waals surface area contributed by atoms with Crippen LogP contribution in [-0.4, -0.2) is 9.97 Å². The Kier molecular flexibility index (Phi) is 2.63. The summed E-state index contributed by atoms with van der Waals surface area (Å²) in [5, 5.41) is 0.528. The molecule has 94 valence electrons. The summed E-state index contributed by atoms with van der Waals surface area (Å²) in [7, 11) is 0. The average molecular weight is 254 g/mol. The van der Waals surface area contributed by atoms with E-state index in [1.165, 1.54) is 12.1 Å². The molecule has 0 aliphatic carbocycles. The minimum absolute atomic E-state index is 0.218. The van der Waals surface area contributed by atoms with Crippen molar-refractivity contribution < 1.29 is 4.39 Å². The largest absolute Gasteiger partial charge is 0.306 e. The van der Waals surface area contributed by atoms with Crippen LogP contribution in [0.2, 0.25) is 0 Å². The van der Waals surface area contributed by atoms with Gasteiger partial charge in [0.05, 0.1) is 10.9 Å². The maximum absolute atomic E-state index is 13.3. The monoisotopic (exact) mass is 254 g/mol. The van der Waals surface area contributed by atoms with Crippen molar-refractivity contribution in [3.05, 3.63) is 64.2 Å². The van der Waals surface area contributed by atoms with Gasteiger partial charge in [0, 0.05) is 5.56 Å². The number of aryl methyl sites for hydroxylation is 1. The number of hydrogen-bond donors (Lipinski definition) is 1. The first-order valence-electron chi connectivity index (χ1n) is 5.91. The molecule has 3 aromatic rings. The Bertz CT molecular complexity index is 824. The first-order chi connectivity index (χ1) is 9.15. The van der Waals surface area contributed by atoms with Crippen molar-refractivity contribution in [3.63, 3.8) is 0 Å². The van der Waals surface area contributed by atoms with E-state index in [9.17, 15) is 9.18 Å². The summed E-state index contributed by atoms with van der Waals surface area (Å²) in [4.78, 5) is 19.1. The number of benzene rings is 2. The summed E-state index contributed by atoms with van der Waals surface area (Å²) in [6, 6.07) is 11.5. The zero-order chi connectivity index (χ0) is 13.4. The van der Waals surface area contributed by atoms with Crippen molar-refractivity contribution in [2.75, 3.05) is 0 Å². The summed E-state index contributed by atoms with van der Waals surface area (Å²) in [6.07, 6.45) is 0. The Balaban J connectivity index is 2.31. The molecule has 0 saturated heterocycles. The second-order valence-electron chi connectivity index (χ2n) is 4.39. The predicted octanol–water partition coefficient (Wildman–Crippen LogP) is 3.04. The molecule has 4 heteroatoms. The number of aromatic amines is 1. The van der Waals surface area contributed by atoms with Crippen molar-refractivity contribution in [3.8, 4) is 11.4 Å². The number of fused-ring (bicyclic) bond motifs is 1. The second kappa shape index (κ2) is 4.31. The highest BCUT2D eigenvalue weighted by Gasteiger charge is 2.08. The molecule has 0 fully saturated rings. The summed E-state index contributed by atoms with van der Waals surface area (Å²) in [5.41, 5.74) is 1.84. The lowest BCUT2D eigenvalue weighted by Crippen LogP contribution is -2.09. The predicted molar refractivity (Wildman–Crippen MR) is 72.5 cm³/mol. The van der Waals surface area contributed by atoms with Gasteiger partial charge >= 0.3 is 0 Å². The fraction of sp³-hybridized carbons (Fsp3) is 0.0667. The van der Waals surface area contributed by atoms with E-state index in [2.05, 4.69) is 9.97 Å². The standard InChI is InChI=1S/C15H11FN2O/c1-9-6-7-10(16)8-12(9)14-17-13-5-3-2-4-11(13)15(19)18-14/h2-8H,1H3,(H,17,18,19). The number of para-hydroxylation sites is 1. The van der Waals surface area contributed by atoms with Crippen LogP contribution >= 0.6 is 0 Å². The zero-order valence-corrected chi connectivity index (χ0v) is 10.3. The van der Waals surface area contributed by atoms with Crippen LogP contribution in [0, 0.1) is 12.7 Å². The molecule has 2 aromatic carbocycles. The van der Waals surface area contributed by atoms with Gasteiger partial charge < -0.3 is 4.98 Å². The highest BCUT2D eigenvalue weighted by Crippen LogP contribution is 2.21. The number of nitrogens with one attached hydrogen (secondary N) is 1. The van der Waals surface area contributed by atoms with E-state index >= 15 is 0 Å². The Labute approximate surface area is 108 Å². The lowest BCUT2D eigenvalue weighted by molar-refractivity contribution is 0.627. The van der Waals surface area contributed by atoms with Crippen molar-refractivity contribution in [1.82, 2.24) is 9.97 Å². The van der Waals surface area contributed by atoms with Gasteiger partial charge in [-0.25, -0.2) is 9.37 Å². The van der Waals surface area contributed by atoms with E-state index in [-0.39, 0.29) is 11.4 Å². The summed E-state index contributed by atoms with van der Waals surface area (Å²) in [5.74, 6) is 0.0390. The third kappa shape index (κ3) is 2.01. The van der Waals surface area contributed by atoms with E-state index in [0.29, 0.717) is 22.3 Å². The molecule has 0 amide bonds. The molecule has 0 spiro atoms. The van der Waals surface area contributed by atoms with Crippen LogP contribution in [0.25, 0.3) is 22.3 Å². The van der Waals surface area contributed by atoms with Crippen molar-refractivity contribution in [2.24, 2.45) is 0 Å². The summed E-state index contributed by atoms with van der Waals surface area (Å²) in [6.45, 7) is 1.85. The number of halogens is 1. The molecule has 0 aliphatic heterocycles. The molecule has 0 saturated carbocycles. The summed E-state index contributed by atoms with van der Waals surface area (Å²) >= 11 is 0. The van der Waals surface area contributed by atoms with Gasteiger partial charge in [-0.05, 0) is 36.8 Å². The highest BCUT2D eigenvalue weighted by molar-refractivity contribution is 5.79. The molecule has 0 radical (unpaired) electrons. The number of nitrogens with zero attached hydrogens (tertiary/aromatic N) is 1. The molecule has 1 heterocycles. The number of aromatic nitrogens is 2. The van der Waals surface area contributed by atoms with Crippen LogP contribution in [-0.2, 0) is 0 Å².